The summed E-state index contributed by atoms with van der Waals surface area (Å²) >= 11 is 0. The molecule has 1 aliphatic carbocycles. The summed E-state index contributed by atoms with van der Waals surface area (Å²) in [5.74, 6) is 0.244. The molecule has 0 atom stereocenters. The molecule has 158 valence electrons. The van der Waals surface area contributed by atoms with Gasteiger partial charge in [-0.25, -0.2) is 0 Å². The summed E-state index contributed by atoms with van der Waals surface area (Å²) in [7, 11) is 0. The Balaban J connectivity index is 1.61. The van der Waals surface area contributed by atoms with E-state index in [1.807, 2.05) is 72.8 Å². The Kier molecular flexibility index (Phi) is 3.09. The van der Waals surface area contributed by atoms with E-state index < -0.39 is 0 Å². The first-order valence-electron chi connectivity index (χ1n) is 11.0. The lowest BCUT2D eigenvalue weighted by Crippen LogP contribution is -2.04. The second kappa shape index (κ2) is 5.94. The molecule has 8 rings (SSSR count). The Morgan fingerprint density at radius 2 is 1.35 bits per heavy atom. The molecule has 0 unspecified atom stereocenters. The molecule has 1 aromatic heterocycles. The summed E-state index contributed by atoms with van der Waals surface area (Å²) in [6.45, 7) is 0. The van der Waals surface area contributed by atoms with Crippen LogP contribution in [0.4, 0.5) is 0 Å². The molecule has 0 saturated carbocycles. The van der Waals surface area contributed by atoms with Crippen molar-refractivity contribution in [3.63, 3.8) is 0 Å². The van der Waals surface area contributed by atoms with Crippen LogP contribution in [0.5, 0.6) is 5.75 Å². The van der Waals surface area contributed by atoms with Crippen molar-refractivity contribution in [3.8, 4) is 17.0 Å². The van der Waals surface area contributed by atoms with Gasteiger partial charge < -0.3 is 5.11 Å². The van der Waals surface area contributed by atoms with Crippen LogP contribution in [0.3, 0.4) is 0 Å². The molecule has 2 N–H and O–H groups in total. The highest BCUT2D eigenvalue weighted by Gasteiger charge is 2.22. The molecule has 0 fully saturated rings. The number of phenols is 1. The Morgan fingerprint density at radius 3 is 2.21 bits per heavy atom. The molecule has 1 aliphatic heterocycles. The van der Waals surface area contributed by atoms with Gasteiger partial charge in [-0.3, -0.25) is 9.89 Å². The highest BCUT2D eigenvalue weighted by molar-refractivity contribution is 6.22. The number of H-pyrrole nitrogens is 1. The molecule has 6 nitrogen and oxygen atoms in total. The van der Waals surface area contributed by atoms with Gasteiger partial charge in [-0.2, -0.15) is 5.10 Å². The Morgan fingerprint density at radius 1 is 0.647 bits per heavy atom. The van der Waals surface area contributed by atoms with E-state index in [1.165, 1.54) is 0 Å². The van der Waals surface area contributed by atoms with Crippen LogP contribution in [0.1, 0.15) is 0 Å². The topological polar surface area (TPSA) is 91.8 Å². The first kappa shape index (κ1) is 17.7. The van der Waals surface area contributed by atoms with Crippen LogP contribution in [-0.4, -0.2) is 25.5 Å². The van der Waals surface area contributed by atoms with Gasteiger partial charge >= 0.3 is 0 Å². The standard InChI is InChI=1S/C28H14N4O2/c33-27-17-7-3-1-5-13(17)23-21-19(27)11-9-15(25(21)31-29-23)16-10-12-20-22-24(30-32-26(16)22)14-6-2-4-8-18(14)28(20)34/h1-12,33H,(H,29,31)/b16-15+. The minimum absolute atomic E-state index is 0.00990. The van der Waals surface area contributed by atoms with Gasteiger partial charge in [-0.15, -0.1) is 10.2 Å². The van der Waals surface area contributed by atoms with Crippen molar-refractivity contribution in [2.75, 3.05) is 0 Å². The molecular formula is C28H14N4O2. The Bertz CT molecular complexity index is 2220. The summed E-state index contributed by atoms with van der Waals surface area (Å²) in [6, 6.07) is 22.9. The molecule has 5 aromatic carbocycles. The second-order valence-electron chi connectivity index (χ2n) is 8.68. The normalized spacial score (nSPS) is 13.4. The highest BCUT2D eigenvalue weighted by Crippen LogP contribution is 2.41. The van der Waals surface area contributed by atoms with E-state index >= 15 is 0 Å². The van der Waals surface area contributed by atoms with E-state index in [9.17, 15) is 9.90 Å². The Hall–Kier alpha value is -4.84. The van der Waals surface area contributed by atoms with Crippen LogP contribution in [0.2, 0.25) is 0 Å². The van der Waals surface area contributed by atoms with E-state index in [4.69, 9.17) is 0 Å². The summed E-state index contributed by atoms with van der Waals surface area (Å²) in [5.41, 5.74) is 3.82. The predicted molar refractivity (Wildman–Crippen MR) is 133 cm³/mol. The van der Waals surface area contributed by atoms with E-state index in [2.05, 4.69) is 20.4 Å². The van der Waals surface area contributed by atoms with Gasteiger partial charge in [0.05, 0.1) is 5.52 Å². The number of nitrogens with one attached hydrogen (secondary N) is 1. The largest absolute Gasteiger partial charge is 0.507 e. The molecular weight excluding hydrogens is 424 g/mol. The summed E-state index contributed by atoms with van der Waals surface area (Å²) < 4.78 is 0. The molecule has 0 spiro atoms. The van der Waals surface area contributed by atoms with E-state index in [1.54, 1.807) is 0 Å². The van der Waals surface area contributed by atoms with Gasteiger partial charge in [0.2, 0.25) is 0 Å². The highest BCUT2D eigenvalue weighted by atomic mass is 16.3. The van der Waals surface area contributed by atoms with Gasteiger partial charge in [-0.1, -0.05) is 60.7 Å². The number of nitrogens with zero attached hydrogens (tertiary/aromatic N) is 3. The van der Waals surface area contributed by atoms with Crippen molar-refractivity contribution in [2.24, 2.45) is 0 Å². The second-order valence-corrected chi connectivity index (χ2v) is 8.68. The monoisotopic (exact) mass is 438 g/mol. The van der Waals surface area contributed by atoms with Crippen LogP contribution in [0, 0.1) is 10.4 Å². The van der Waals surface area contributed by atoms with Gasteiger partial charge in [-0.05, 0) is 12.1 Å². The Labute approximate surface area is 190 Å². The molecule has 2 aliphatic rings. The molecule has 0 bridgehead atoms. The van der Waals surface area contributed by atoms with Crippen LogP contribution < -0.4 is 5.43 Å². The number of aromatic amines is 1. The molecule has 0 saturated heterocycles. The molecule has 0 radical (unpaired) electrons. The third-order valence-electron chi connectivity index (χ3n) is 7.04. The molecule has 6 heteroatoms. The quantitative estimate of drug-likeness (QED) is 0.314. The molecule has 6 aromatic rings. The van der Waals surface area contributed by atoms with Crippen LogP contribution in [0.15, 0.2) is 77.6 Å². The van der Waals surface area contributed by atoms with E-state index in [-0.39, 0.29) is 11.2 Å². The molecule has 2 heterocycles. The summed E-state index contributed by atoms with van der Waals surface area (Å²) in [4.78, 5) is 13.2. The number of aromatic nitrogens is 4. The van der Waals surface area contributed by atoms with Crippen molar-refractivity contribution in [3.05, 3.63) is 93.5 Å². The number of benzene rings is 6. The van der Waals surface area contributed by atoms with Crippen LogP contribution >= 0.6 is 0 Å². The number of aromatic hydroxyl groups is 1. The number of rotatable bonds is 0. The lowest BCUT2D eigenvalue weighted by molar-refractivity contribution is 0.488. The van der Waals surface area contributed by atoms with Crippen LogP contribution in [-0.2, 0) is 0 Å². The maximum atomic E-state index is 13.2. The minimum atomic E-state index is -0.00990. The van der Waals surface area contributed by atoms with Crippen molar-refractivity contribution < 1.29 is 5.11 Å². The SMILES string of the molecule is O=c1c2cc/c(=c3/ccc4c(O)c5ccccc5c5n[nH]c3c45)c3nnc(c4ccccc14)-c23. The third-order valence-corrected chi connectivity index (χ3v) is 7.04. The van der Waals surface area contributed by atoms with Crippen molar-refractivity contribution in [1.29, 1.82) is 0 Å². The van der Waals surface area contributed by atoms with Gasteiger partial charge in [0, 0.05) is 53.7 Å². The first-order valence-corrected chi connectivity index (χ1v) is 11.0. The zero-order chi connectivity index (χ0) is 22.6. The van der Waals surface area contributed by atoms with Crippen molar-refractivity contribution >= 4 is 54.3 Å². The van der Waals surface area contributed by atoms with Gasteiger partial charge in [0.25, 0.3) is 0 Å². The number of hydrogen-bond acceptors (Lipinski definition) is 5. The number of phenolic OH excluding ortho intramolecular Hbond substituents is 1. The minimum Gasteiger partial charge on any atom is -0.507 e. The van der Waals surface area contributed by atoms with Crippen molar-refractivity contribution in [1.82, 2.24) is 20.4 Å². The zero-order valence-corrected chi connectivity index (χ0v) is 17.6. The van der Waals surface area contributed by atoms with Crippen molar-refractivity contribution in [2.45, 2.75) is 0 Å². The van der Waals surface area contributed by atoms with E-state index in [0.29, 0.717) is 16.3 Å². The predicted octanol–water partition coefficient (Wildman–Crippen LogP) is 5.30. The summed E-state index contributed by atoms with van der Waals surface area (Å²) in [6.07, 6.45) is 0. The van der Waals surface area contributed by atoms with Gasteiger partial charge in [0.1, 0.15) is 22.5 Å². The smallest absolute Gasteiger partial charge is 0.194 e. The fourth-order valence-corrected chi connectivity index (χ4v) is 5.50. The lowest BCUT2D eigenvalue weighted by atomic mass is 9.94. The first-order chi connectivity index (χ1) is 16.7. The average Bonchev–Trinajstić information content (AvgIpc) is 3.52. The third kappa shape index (κ3) is 1.97. The van der Waals surface area contributed by atoms with E-state index in [0.717, 1.165) is 59.7 Å². The van der Waals surface area contributed by atoms with Gasteiger partial charge in [0.15, 0.2) is 5.43 Å². The molecule has 0 amide bonds. The molecule has 34 heavy (non-hydrogen) atoms. The van der Waals surface area contributed by atoms with Crippen LogP contribution in [0.25, 0.3) is 65.5 Å². The summed E-state index contributed by atoms with van der Waals surface area (Å²) in [5, 5.41) is 35.0. The zero-order valence-electron chi connectivity index (χ0n) is 17.6. The number of fused-ring (bicyclic) bond motifs is 4. The number of hydrogen-bond donors (Lipinski definition) is 2. The average molecular weight is 438 g/mol. The maximum absolute atomic E-state index is 13.2. The lowest BCUT2D eigenvalue weighted by Gasteiger charge is -2.08. The fraction of sp³-hybridized carbons (Fsp3) is 0. The maximum Gasteiger partial charge on any atom is 0.194 e. The fourth-order valence-electron chi connectivity index (χ4n) is 5.50.